The lowest BCUT2D eigenvalue weighted by atomic mass is 10.1. The first-order chi connectivity index (χ1) is 10.2. The van der Waals surface area contributed by atoms with E-state index in [1.54, 1.807) is 13.1 Å². The van der Waals surface area contributed by atoms with Crippen LogP contribution in [-0.4, -0.2) is 15.8 Å². The summed E-state index contributed by atoms with van der Waals surface area (Å²) < 4.78 is 0. The summed E-state index contributed by atoms with van der Waals surface area (Å²) in [6.07, 6.45) is 1.73. The monoisotopic (exact) mass is 279 g/mol. The van der Waals surface area contributed by atoms with Crippen molar-refractivity contribution < 1.29 is 4.79 Å². The number of nitrogens with one attached hydrogen (secondary N) is 2. The third-order valence-corrected chi connectivity index (χ3v) is 3.56. The van der Waals surface area contributed by atoms with Crippen LogP contribution in [0.25, 0.3) is 10.9 Å². The van der Waals surface area contributed by atoms with E-state index in [2.05, 4.69) is 27.4 Å². The van der Waals surface area contributed by atoms with E-state index in [1.165, 1.54) is 5.56 Å². The van der Waals surface area contributed by atoms with Gasteiger partial charge in [0.1, 0.15) is 0 Å². The van der Waals surface area contributed by atoms with Crippen LogP contribution in [0.15, 0.2) is 42.6 Å². The minimum atomic E-state index is 0.0685. The summed E-state index contributed by atoms with van der Waals surface area (Å²) in [7, 11) is 0. The highest BCUT2D eigenvalue weighted by atomic mass is 16.1. The van der Waals surface area contributed by atoms with Crippen molar-refractivity contribution in [3.8, 4) is 0 Å². The fourth-order valence-corrected chi connectivity index (χ4v) is 2.62. The summed E-state index contributed by atoms with van der Waals surface area (Å²) in [6.45, 7) is 4.20. The molecule has 3 rings (SSSR count). The molecule has 0 aliphatic carbocycles. The van der Waals surface area contributed by atoms with Gasteiger partial charge >= 0.3 is 0 Å². The van der Waals surface area contributed by atoms with Gasteiger partial charge in [-0.05, 0) is 25.5 Å². The lowest BCUT2D eigenvalue weighted by Gasteiger charge is -2.06. The van der Waals surface area contributed by atoms with Crippen molar-refractivity contribution in [1.82, 2.24) is 9.97 Å². The summed E-state index contributed by atoms with van der Waals surface area (Å²) in [5.74, 6) is 0.839. The Kier molecular flexibility index (Phi) is 3.44. The Morgan fingerprint density at radius 2 is 2.00 bits per heavy atom. The van der Waals surface area contributed by atoms with Crippen molar-refractivity contribution in [2.75, 3.05) is 5.32 Å². The van der Waals surface area contributed by atoms with Gasteiger partial charge in [-0.15, -0.1) is 0 Å². The van der Waals surface area contributed by atoms with E-state index in [1.807, 2.05) is 31.2 Å². The number of carbonyl (C=O) groups excluding carboxylic acids is 1. The third kappa shape index (κ3) is 2.52. The highest BCUT2D eigenvalue weighted by Gasteiger charge is 2.15. The molecule has 4 nitrogen and oxygen atoms in total. The molecule has 2 aromatic heterocycles. The highest BCUT2D eigenvalue weighted by molar-refractivity contribution is 6.10. The predicted octanol–water partition coefficient (Wildman–Crippen LogP) is 3.69. The van der Waals surface area contributed by atoms with Gasteiger partial charge in [-0.1, -0.05) is 30.3 Å². The van der Waals surface area contributed by atoms with Gasteiger partial charge in [-0.2, -0.15) is 0 Å². The number of rotatable bonds is 4. The van der Waals surface area contributed by atoms with Crippen LogP contribution >= 0.6 is 0 Å². The van der Waals surface area contributed by atoms with Gasteiger partial charge in [-0.3, -0.25) is 4.79 Å². The molecular weight excluding hydrogens is 262 g/mol. The first-order valence-corrected chi connectivity index (χ1v) is 6.93. The summed E-state index contributed by atoms with van der Waals surface area (Å²) >= 11 is 0. The standard InChI is InChI=1S/C17H17N3O/c1-11-15(12(2)21)14-8-9-18-17(16(14)20-11)19-10-13-6-4-3-5-7-13/h3-9,20H,10H2,1-2H3,(H,18,19). The van der Waals surface area contributed by atoms with Crippen LogP contribution in [0, 0.1) is 6.92 Å². The van der Waals surface area contributed by atoms with Crippen LogP contribution in [-0.2, 0) is 6.54 Å². The smallest absolute Gasteiger partial charge is 0.162 e. The van der Waals surface area contributed by atoms with Crippen molar-refractivity contribution in [1.29, 1.82) is 0 Å². The predicted molar refractivity (Wildman–Crippen MR) is 84.6 cm³/mol. The molecule has 106 valence electrons. The molecule has 0 aliphatic heterocycles. The van der Waals surface area contributed by atoms with Crippen LogP contribution in [0.5, 0.6) is 0 Å². The Morgan fingerprint density at radius 3 is 2.71 bits per heavy atom. The number of hydrogen-bond acceptors (Lipinski definition) is 3. The Labute approximate surface area is 123 Å². The highest BCUT2D eigenvalue weighted by Crippen LogP contribution is 2.27. The van der Waals surface area contributed by atoms with Gasteiger partial charge in [0.25, 0.3) is 0 Å². The minimum absolute atomic E-state index is 0.0685. The minimum Gasteiger partial charge on any atom is -0.364 e. The molecule has 2 heterocycles. The Morgan fingerprint density at radius 1 is 1.24 bits per heavy atom. The zero-order valence-corrected chi connectivity index (χ0v) is 12.1. The maximum absolute atomic E-state index is 11.8. The Bertz CT molecular complexity index is 790. The summed E-state index contributed by atoms with van der Waals surface area (Å²) in [5.41, 5.74) is 3.70. The van der Waals surface area contributed by atoms with Crippen molar-refractivity contribution in [3.05, 3.63) is 59.4 Å². The van der Waals surface area contributed by atoms with Gasteiger partial charge in [0.15, 0.2) is 11.6 Å². The van der Waals surface area contributed by atoms with Crippen molar-refractivity contribution >= 4 is 22.5 Å². The third-order valence-electron chi connectivity index (χ3n) is 3.56. The van der Waals surface area contributed by atoms with E-state index in [0.29, 0.717) is 6.54 Å². The molecule has 0 fully saturated rings. The molecule has 0 aliphatic rings. The molecule has 0 amide bonds. The average molecular weight is 279 g/mol. The van der Waals surface area contributed by atoms with Crippen LogP contribution in [0.3, 0.4) is 0 Å². The zero-order chi connectivity index (χ0) is 14.8. The van der Waals surface area contributed by atoms with Gasteiger partial charge in [-0.25, -0.2) is 4.98 Å². The largest absolute Gasteiger partial charge is 0.364 e. The molecule has 0 atom stereocenters. The molecule has 0 saturated heterocycles. The number of carbonyl (C=O) groups is 1. The second-order valence-corrected chi connectivity index (χ2v) is 5.10. The second kappa shape index (κ2) is 5.40. The van der Waals surface area contributed by atoms with Crippen molar-refractivity contribution in [2.45, 2.75) is 20.4 Å². The molecule has 0 bridgehead atoms. The quantitative estimate of drug-likeness (QED) is 0.716. The van der Waals surface area contributed by atoms with Crippen LogP contribution in [0.2, 0.25) is 0 Å². The van der Waals surface area contributed by atoms with Crippen LogP contribution in [0.4, 0.5) is 5.82 Å². The molecule has 0 radical (unpaired) electrons. The van der Waals surface area contributed by atoms with Gasteiger partial charge < -0.3 is 10.3 Å². The number of ketones is 1. The van der Waals surface area contributed by atoms with Gasteiger partial charge in [0.05, 0.1) is 5.52 Å². The first-order valence-electron chi connectivity index (χ1n) is 6.93. The van der Waals surface area contributed by atoms with E-state index in [0.717, 1.165) is 28.0 Å². The number of H-pyrrole nitrogens is 1. The molecule has 3 aromatic rings. The number of aromatic nitrogens is 2. The molecule has 2 N–H and O–H groups in total. The fourth-order valence-electron chi connectivity index (χ4n) is 2.62. The van der Waals surface area contributed by atoms with E-state index >= 15 is 0 Å². The molecule has 0 saturated carbocycles. The maximum atomic E-state index is 11.8. The van der Waals surface area contributed by atoms with E-state index in [-0.39, 0.29) is 5.78 Å². The molecule has 4 heteroatoms. The van der Waals surface area contributed by atoms with Gasteiger partial charge in [0, 0.05) is 29.4 Å². The van der Waals surface area contributed by atoms with E-state index in [9.17, 15) is 4.79 Å². The molecule has 0 unspecified atom stereocenters. The number of aryl methyl sites for hydroxylation is 1. The lowest BCUT2D eigenvalue weighted by Crippen LogP contribution is -2.01. The Hall–Kier alpha value is -2.62. The number of aromatic amines is 1. The van der Waals surface area contributed by atoms with Crippen molar-refractivity contribution in [2.24, 2.45) is 0 Å². The molecule has 0 spiro atoms. The van der Waals surface area contributed by atoms with Crippen molar-refractivity contribution in [3.63, 3.8) is 0 Å². The lowest BCUT2D eigenvalue weighted by molar-refractivity contribution is 0.101. The average Bonchev–Trinajstić information content (AvgIpc) is 2.82. The van der Waals surface area contributed by atoms with Crippen LogP contribution in [0.1, 0.15) is 28.5 Å². The summed E-state index contributed by atoms with van der Waals surface area (Å²) in [5, 5.41) is 4.25. The first kappa shape index (κ1) is 13.4. The summed E-state index contributed by atoms with van der Waals surface area (Å²) in [4.78, 5) is 19.4. The number of anilines is 1. The number of nitrogens with zero attached hydrogens (tertiary/aromatic N) is 1. The van der Waals surface area contributed by atoms with E-state index in [4.69, 9.17) is 0 Å². The fraction of sp³-hybridized carbons (Fsp3) is 0.176. The van der Waals surface area contributed by atoms with E-state index < -0.39 is 0 Å². The maximum Gasteiger partial charge on any atom is 0.162 e. The number of fused-ring (bicyclic) bond motifs is 1. The Balaban J connectivity index is 1.96. The normalized spacial score (nSPS) is 10.8. The molecular formula is C17H17N3O. The number of benzene rings is 1. The van der Waals surface area contributed by atoms with Crippen LogP contribution < -0.4 is 5.32 Å². The van der Waals surface area contributed by atoms with Gasteiger partial charge in [0.2, 0.25) is 0 Å². The summed E-state index contributed by atoms with van der Waals surface area (Å²) in [6, 6.07) is 12.0. The number of Topliss-reactive ketones (excluding diaryl/α,β-unsaturated/α-hetero) is 1. The second-order valence-electron chi connectivity index (χ2n) is 5.10. The number of pyridine rings is 1. The SMILES string of the molecule is CC(=O)c1c(C)[nH]c2c(NCc3ccccc3)nccc12. The topological polar surface area (TPSA) is 57.8 Å². The number of hydrogen-bond donors (Lipinski definition) is 2. The zero-order valence-electron chi connectivity index (χ0n) is 12.1. The molecule has 21 heavy (non-hydrogen) atoms. The molecule has 1 aromatic carbocycles.